The number of hydrogen-bond acceptors (Lipinski definition) is 8. The Morgan fingerprint density at radius 1 is 0.671 bits per heavy atom. The van der Waals surface area contributed by atoms with E-state index in [1.165, 1.54) is 23.1 Å². The van der Waals surface area contributed by atoms with Crippen LogP contribution >= 0.6 is 50.2 Å². The lowest BCUT2D eigenvalue weighted by atomic mass is 10.1. The molecule has 2 aromatic rings. The van der Waals surface area contributed by atoms with Crippen LogP contribution in [0.1, 0.15) is 107 Å². The summed E-state index contributed by atoms with van der Waals surface area (Å²) in [5.74, 6) is -2.05. The number of hydrogen-bond donors (Lipinski definition) is 3. The Hall–Kier alpha value is -3.32. The van der Waals surface area contributed by atoms with Crippen molar-refractivity contribution in [3.63, 3.8) is 0 Å². The molecule has 23 heteroatoms. The average molecular weight is 1150 g/mol. The Bertz CT molecular complexity index is 2090. The monoisotopic (exact) mass is 1140 g/mol. The lowest BCUT2D eigenvalue weighted by Crippen LogP contribution is -2.52. The zero-order valence-electron chi connectivity index (χ0n) is 45.1. The number of ether oxygens (including phenoxy) is 1. The largest absolute Gasteiger partial charge is 0.481 e. The zero-order valence-corrected chi connectivity index (χ0v) is 50.6. The van der Waals surface area contributed by atoms with Crippen LogP contribution in [0.25, 0.3) is 0 Å². The maximum Gasteiger partial charge on any atom is 0.410 e. The molecule has 1 heterocycles. The number of amides is 6. The molecule has 1 aliphatic heterocycles. The molecule has 0 aromatic heterocycles. The smallest absolute Gasteiger partial charge is 0.410 e. The summed E-state index contributed by atoms with van der Waals surface area (Å²) in [6.07, 6.45) is 0.461. The van der Waals surface area contributed by atoms with Crippen LogP contribution in [0.3, 0.4) is 0 Å². The minimum Gasteiger partial charge on any atom is -0.481 e. The third kappa shape index (κ3) is 23.6. The van der Waals surface area contributed by atoms with Crippen LogP contribution in [0, 0.1) is 11.6 Å². The second-order valence-corrected chi connectivity index (χ2v) is 32.1. The molecule has 1 aliphatic rings. The Morgan fingerprint density at radius 2 is 1.03 bits per heavy atom. The summed E-state index contributed by atoms with van der Waals surface area (Å²) in [6, 6.07) is 7.34. The van der Waals surface area contributed by atoms with E-state index < -0.39 is 51.9 Å². The molecule has 0 saturated carbocycles. The number of urea groups is 2. The molecule has 3 rings (SSSR count). The molecule has 15 nitrogen and oxygen atoms in total. The van der Waals surface area contributed by atoms with Crippen molar-refractivity contribution in [3.05, 3.63) is 69.2 Å². The van der Waals surface area contributed by atoms with E-state index in [0.29, 0.717) is 50.3 Å². The van der Waals surface area contributed by atoms with Gasteiger partial charge in [0.2, 0.25) is 5.91 Å². The van der Waals surface area contributed by atoms with E-state index in [1.54, 1.807) is 47.0 Å². The average Bonchev–Trinajstić information content (AvgIpc) is 3.25. The molecule has 0 spiro atoms. The number of carbonyl (C=O) groups excluding carboxylic acids is 4. The third-order valence-electron chi connectivity index (χ3n) is 13.2. The molecule has 0 radical (unpaired) electrons. The molecular formula is C50H88Cl2F2N6O9S2Si2. The summed E-state index contributed by atoms with van der Waals surface area (Å²) < 4.78 is 45.5. The fourth-order valence-electron chi connectivity index (χ4n) is 6.32. The number of carboxylic acids is 1. The maximum absolute atomic E-state index is 13.8. The van der Waals surface area contributed by atoms with Gasteiger partial charge in [-0.25, -0.2) is 23.2 Å². The molecule has 0 unspecified atom stereocenters. The van der Waals surface area contributed by atoms with Crippen LogP contribution in [0.4, 0.5) is 23.2 Å². The van der Waals surface area contributed by atoms with E-state index >= 15 is 0 Å². The standard InChI is InChI=1S/C29H48ClFN4O5Si.C20H32ClFN2O4Si.CH4.2H2S/c1-28(2,3)40-27(38)35-17-15-34(16-18-35)24(36)14-13-22(20-39-41(8,9)29(4,5)6)33(7)26(37)32-19-21-11-10-12-23(31)25(21)30;1-20(2,3)29(5,6)28-13-15(10-11-17(25)26)24(4)19(27)23-12-14-8-7-9-16(22)18(14)21;;;/h10-12,22H,13-20H2,1-9H3,(H,32,37);7-9,15H,10-13H2,1-6H3,(H,23,27)(H,25,26);1H4;2*1H2/t22-;15-;;;/m00.../s1. The molecule has 2 atom stereocenters. The topological polar surface area (TPSA) is 170 Å². The Kier molecular flexibility index (Phi) is 30.5. The van der Waals surface area contributed by atoms with E-state index in [9.17, 15) is 32.8 Å². The highest BCUT2D eigenvalue weighted by Crippen LogP contribution is 2.38. The first-order chi connectivity index (χ1) is 32.1. The number of likely N-dealkylation sites (N-methyl/N-ethyl adjacent to an activating group) is 2. The molecule has 1 saturated heterocycles. The van der Waals surface area contributed by atoms with Crippen molar-refractivity contribution >= 4 is 96.9 Å². The molecule has 3 N–H and O–H groups in total. The molecule has 0 aliphatic carbocycles. The minimum absolute atomic E-state index is 0. The Morgan fingerprint density at radius 3 is 1.37 bits per heavy atom. The van der Waals surface area contributed by atoms with E-state index in [4.69, 9.17) is 41.9 Å². The summed E-state index contributed by atoms with van der Waals surface area (Å²) in [5, 5.41) is 14.5. The normalized spacial score (nSPS) is 13.8. The van der Waals surface area contributed by atoms with Gasteiger partial charge in [-0.3, -0.25) is 9.59 Å². The van der Waals surface area contributed by atoms with Crippen molar-refractivity contribution in [1.82, 2.24) is 30.2 Å². The van der Waals surface area contributed by atoms with Gasteiger partial charge in [-0.1, -0.05) is 96.4 Å². The van der Waals surface area contributed by atoms with Crippen LogP contribution in [0.15, 0.2) is 36.4 Å². The molecule has 6 amide bonds. The molecule has 0 bridgehead atoms. The minimum atomic E-state index is -2.12. The number of nitrogens with one attached hydrogen (secondary N) is 2. The highest BCUT2D eigenvalue weighted by molar-refractivity contribution is 7.59. The number of piperazine rings is 1. The van der Waals surface area contributed by atoms with Crippen LogP contribution in [-0.4, -0.2) is 143 Å². The maximum atomic E-state index is 13.8. The zero-order chi connectivity index (χ0) is 53.6. The first-order valence-corrected chi connectivity index (χ1v) is 30.3. The van der Waals surface area contributed by atoms with Crippen LogP contribution in [-0.2, 0) is 36.3 Å². The number of halogens is 4. The highest BCUT2D eigenvalue weighted by Gasteiger charge is 2.40. The van der Waals surface area contributed by atoms with Gasteiger partial charge >= 0.3 is 24.1 Å². The van der Waals surface area contributed by atoms with E-state index in [1.807, 2.05) is 20.8 Å². The van der Waals surface area contributed by atoms with Gasteiger partial charge in [-0.2, -0.15) is 27.0 Å². The van der Waals surface area contributed by atoms with Crippen molar-refractivity contribution in [3.8, 4) is 0 Å². The number of rotatable bonds is 18. The van der Waals surface area contributed by atoms with Gasteiger partial charge in [0.15, 0.2) is 16.6 Å². The number of carbonyl (C=O) groups is 5. The van der Waals surface area contributed by atoms with Gasteiger partial charge in [0, 0.05) is 66.2 Å². The van der Waals surface area contributed by atoms with Crippen molar-refractivity contribution < 1.29 is 51.4 Å². The number of benzene rings is 2. The van der Waals surface area contributed by atoms with E-state index in [2.05, 4.69) is 78.4 Å². The van der Waals surface area contributed by atoms with Gasteiger partial charge in [0.1, 0.15) is 17.2 Å². The molecule has 1 fully saturated rings. The summed E-state index contributed by atoms with van der Waals surface area (Å²) in [6.45, 7) is 29.1. The molecule has 2 aromatic carbocycles. The predicted molar refractivity (Wildman–Crippen MR) is 305 cm³/mol. The van der Waals surface area contributed by atoms with Crippen LogP contribution in [0.2, 0.25) is 46.3 Å². The van der Waals surface area contributed by atoms with Crippen molar-refractivity contribution in [1.29, 1.82) is 0 Å². The SMILES string of the molecule is C.CN(C(=O)NCc1cccc(F)c1Cl)[C@@H](CCC(=O)N1CCN(C(=O)OC(C)(C)C)CC1)CO[Si](C)(C)C(C)(C)C.CN(C(=O)NCc1cccc(F)c1Cl)[C@@H](CCC(=O)O)CO[Si](C)(C)C(C)(C)C.S.S. The van der Waals surface area contributed by atoms with Crippen molar-refractivity contribution in [2.45, 2.75) is 162 Å². The van der Waals surface area contributed by atoms with Gasteiger partial charge in [0.05, 0.1) is 35.3 Å². The fourth-order valence-corrected chi connectivity index (χ4v) is 8.79. The molecule has 420 valence electrons. The predicted octanol–water partition coefficient (Wildman–Crippen LogP) is 11.6. The summed E-state index contributed by atoms with van der Waals surface area (Å²) >= 11 is 12.0. The number of aliphatic carboxylic acids is 1. The van der Waals surface area contributed by atoms with Gasteiger partial charge in [-0.05, 0) is 93.1 Å². The van der Waals surface area contributed by atoms with E-state index in [-0.39, 0.29) is 118 Å². The summed E-state index contributed by atoms with van der Waals surface area (Å²) in [5.41, 5.74) is 0.365. The van der Waals surface area contributed by atoms with Crippen molar-refractivity contribution in [2.75, 3.05) is 53.5 Å². The summed E-state index contributed by atoms with van der Waals surface area (Å²) in [4.78, 5) is 68.6. The fraction of sp³-hybridized carbons (Fsp3) is 0.660. The highest BCUT2D eigenvalue weighted by atomic mass is 35.5. The second-order valence-electron chi connectivity index (χ2n) is 21.7. The van der Waals surface area contributed by atoms with E-state index in [0.717, 1.165) is 0 Å². The lowest BCUT2D eigenvalue weighted by molar-refractivity contribution is -0.137. The van der Waals surface area contributed by atoms with Crippen LogP contribution < -0.4 is 10.6 Å². The quantitative estimate of drug-likeness (QED) is 0.123. The number of nitrogens with zero attached hydrogens (tertiary/aromatic N) is 4. The second kappa shape index (κ2) is 31.0. The van der Waals surface area contributed by atoms with Crippen molar-refractivity contribution in [2.24, 2.45) is 0 Å². The summed E-state index contributed by atoms with van der Waals surface area (Å²) in [7, 11) is -0.900. The first-order valence-electron chi connectivity index (χ1n) is 23.7. The number of carboxylic acid groups (broad SMARTS) is 1. The van der Waals surface area contributed by atoms with Gasteiger partial charge in [-0.15, -0.1) is 0 Å². The van der Waals surface area contributed by atoms with Crippen LogP contribution in [0.5, 0.6) is 0 Å². The van der Waals surface area contributed by atoms with Gasteiger partial charge < -0.3 is 48.9 Å². The molecule has 73 heavy (non-hydrogen) atoms. The third-order valence-corrected chi connectivity index (χ3v) is 23.1. The Labute approximate surface area is 461 Å². The first kappa shape index (κ1) is 71.8. The Balaban J connectivity index is 0. The lowest BCUT2D eigenvalue weighted by Gasteiger charge is -2.39. The van der Waals surface area contributed by atoms with Gasteiger partial charge in [0.25, 0.3) is 0 Å². The molecular weight excluding hydrogens is 1060 g/mol.